The second-order valence-corrected chi connectivity index (χ2v) is 9.52. The van der Waals surface area contributed by atoms with Crippen molar-refractivity contribution in [1.29, 1.82) is 0 Å². The van der Waals surface area contributed by atoms with Gasteiger partial charge in [0.25, 0.3) is 0 Å². The van der Waals surface area contributed by atoms with Gasteiger partial charge < -0.3 is 14.4 Å². The monoisotopic (exact) mass is 518 g/mol. The first-order valence-electron chi connectivity index (χ1n) is 11.1. The van der Waals surface area contributed by atoms with Crippen LogP contribution in [0.15, 0.2) is 42.5 Å². The number of aromatic nitrogens is 1. The molecule has 0 aliphatic carbocycles. The lowest BCUT2D eigenvalue weighted by Crippen LogP contribution is -2.24. The number of unbranched alkanes of at least 4 members (excludes halogenated alkanes) is 2. The van der Waals surface area contributed by atoms with Gasteiger partial charge in [-0.05, 0) is 55.5 Å². The fourth-order valence-corrected chi connectivity index (χ4v) is 4.92. The van der Waals surface area contributed by atoms with Crippen LogP contribution in [0.25, 0.3) is 11.3 Å². The molecule has 0 bridgehead atoms. The van der Waals surface area contributed by atoms with E-state index in [1.807, 2.05) is 18.2 Å². The largest absolute Gasteiger partial charge is 0.497 e. The molecule has 0 aliphatic heterocycles. The van der Waals surface area contributed by atoms with Crippen LogP contribution >= 0.6 is 35.3 Å². The van der Waals surface area contributed by atoms with Crippen LogP contribution < -0.4 is 9.64 Å². The molecule has 7 heteroatoms. The zero-order chi connectivity index (χ0) is 23.6. The molecule has 1 heterocycles. The van der Waals surface area contributed by atoms with Crippen molar-refractivity contribution in [2.24, 2.45) is 0 Å². The zero-order valence-corrected chi connectivity index (χ0v) is 22.4. The van der Waals surface area contributed by atoms with E-state index >= 15 is 0 Å². The molecule has 34 heavy (non-hydrogen) atoms. The summed E-state index contributed by atoms with van der Waals surface area (Å²) in [6.45, 7) is 4.17. The van der Waals surface area contributed by atoms with Gasteiger partial charge in [-0.2, -0.15) is 0 Å². The molecule has 0 saturated carbocycles. The Balaban J connectivity index is 0.00000408. The third-order valence-corrected chi connectivity index (χ3v) is 6.84. The third-order valence-electron chi connectivity index (χ3n) is 5.50. The molecule has 1 aromatic heterocycles. The van der Waals surface area contributed by atoms with E-state index in [0.717, 1.165) is 59.2 Å². The maximum atomic E-state index is 6.49. The van der Waals surface area contributed by atoms with Crippen LogP contribution in [0.1, 0.15) is 35.3 Å². The molecule has 0 atom stereocenters. The summed E-state index contributed by atoms with van der Waals surface area (Å²) in [7, 11) is 3.35. The van der Waals surface area contributed by atoms with Gasteiger partial charge in [-0.15, -0.1) is 30.2 Å². The summed E-state index contributed by atoms with van der Waals surface area (Å²) >= 11 is 8.15. The van der Waals surface area contributed by atoms with Crippen LogP contribution in [0.4, 0.5) is 5.13 Å². The fraction of sp³-hybridized carbons (Fsp3) is 0.370. The molecule has 0 unspecified atom stereocenters. The van der Waals surface area contributed by atoms with Crippen LogP contribution in [0.3, 0.4) is 0 Å². The normalized spacial score (nSPS) is 10.4. The minimum atomic E-state index is 0. The van der Waals surface area contributed by atoms with E-state index in [1.165, 1.54) is 11.1 Å². The molecule has 0 N–H and O–H groups in total. The molecule has 0 radical (unpaired) electrons. The lowest BCUT2D eigenvalue weighted by Gasteiger charge is -2.19. The number of terminal acetylenes is 1. The number of hydrogen-bond donors (Lipinski definition) is 0. The maximum Gasteiger partial charge on any atom is 0.186 e. The molecule has 0 amide bonds. The number of aryl methyl sites for hydroxylation is 2. The minimum absolute atomic E-state index is 0. The van der Waals surface area contributed by atoms with Crippen molar-refractivity contribution < 1.29 is 9.47 Å². The van der Waals surface area contributed by atoms with E-state index < -0.39 is 0 Å². The first-order valence-corrected chi connectivity index (χ1v) is 12.3. The summed E-state index contributed by atoms with van der Waals surface area (Å²) in [6.07, 6.45) is 10.1. The van der Waals surface area contributed by atoms with Crippen molar-refractivity contribution >= 4 is 40.5 Å². The van der Waals surface area contributed by atoms with Crippen molar-refractivity contribution in [1.82, 2.24) is 4.98 Å². The Morgan fingerprint density at radius 1 is 1.06 bits per heavy atom. The fourth-order valence-electron chi connectivity index (χ4n) is 3.71. The molecule has 3 aromatic rings. The van der Waals surface area contributed by atoms with Crippen molar-refractivity contribution in [3.63, 3.8) is 0 Å². The van der Waals surface area contributed by atoms with Crippen molar-refractivity contribution in [3.05, 3.63) is 63.5 Å². The second kappa shape index (κ2) is 14.2. The van der Waals surface area contributed by atoms with Crippen LogP contribution in [0.2, 0.25) is 5.02 Å². The van der Waals surface area contributed by atoms with E-state index in [1.54, 1.807) is 25.6 Å². The Bertz CT molecular complexity index is 1080. The highest BCUT2D eigenvalue weighted by Crippen LogP contribution is 2.37. The standard InChI is InChI=1S/C27H31ClN2O2S.ClH/c1-5-16-30(17-8-6-7-9-21-10-12-22(13-11-21)19-31-3)27-29-26(20(2)33-27)24-15-14-23(32-4)18-25(24)28;/h1,10-15,18H,6-9,16-17,19H2,2-4H3;1H. The van der Waals surface area contributed by atoms with Gasteiger partial charge in [-0.3, -0.25) is 0 Å². The first-order chi connectivity index (χ1) is 16.0. The topological polar surface area (TPSA) is 34.6 Å². The van der Waals surface area contributed by atoms with Crippen LogP contribution in [0, 0.1) is 19.3 Å². The Morgan fingerprint density at radius 3 is 2.44 bits per heavy atom. The first kappa shape index (κ1) is 28.0. The molecule has 4 nitrogen and oxygen atoms in total. The smallest absolute Gasteiger partial charge is 0.186 e. The van der Waals surface area contributed by atoms with Gasteiger partial charge in [0, 0.05) is 24.1 Å². The summed E-state index contributed by atoms with van der Waals surface area (Å²) in [5, 5.41) is 1.58. The number of thiazole rings is 1. The van der Waals surface area contributed by atoms with Gasteiger partial charge in [0.15, 0.2) is 5.13 Å². The number of ether oxygens (including phenoxy) is 2. The van der Waals surface area contributed by atoms with Crippen molar-refractivity contribution in [2.45, 2.75) is 39.2 Å². The van der Waals surface area contributed by atoms with Gasteiger partial charge >= 0.3 is 0 Å². The van der Waals surface area contributed by atoms with E-state index in [0.29, 0.717) is 18.2 Å². The molecule has 0 spiro atoms. The Labute approximate surface area is 218 Å². The van der Waals surface area contributed by atoms with E-state index in [9.17, 15) is 0 Å². The van der Waals surface area contributed by atoms with Crippen LogP contribution in [0.5, 0.6) is 5.75 Å². The Kier molecular flexibility index (Phi) is 11.7. The molecule has 0 saturated heterocycles. The van der Waals surface area contributed by atoms with Gasteiger partial charge in [0.05, 0.1) is 31.0 Å². The van der Waals surface area contributed by atoms with Crippen LogP contribution in [-0.4, -0.2) is 32.3 Å². The van der Waals surface area contributed by atoms with Gasteiger partial charge in [0.2, 0.25) is 0 Å². The average Bonchev–Trinajstić information content (AvgIpc) is 3.20. The highest BCUT2D eigenvalue weighted by molar-refractivity contribution is 7.16. The Hall–Kier alpha value is -2.23. The lowest BCUT2D eigenvalue weighted by atomic mass is 10.1. The number of anilines is 1. The maximum absolute atomic E-state index is 6.49. The molecule has 2 aromatic carbocycles. The second-order valence-electron chi connectivity index (χ2n) is 7.93. The number of methoxy groups -OCH3 is 2. The number of rotatable bonds is 12. The van der Waals surface area contributed by atoms with Gasteiger partial charge in [-0.1, -0.05) is 48.2 Å². The summed E-state index contributed by atoms with van der Waals surface area (Å²) in [5.74, 6) is 3.52. The molecule has 0 fully saturated rings. The van der Waals surface area contributed by atoms with Gasteiger partial charge in [-0.25, -0.2) is 4.98 Å². The molecule has 182 valence electrons. The predicted molar refractivity (Wildman–Crippen MR) is 147 cm³/mol. The third kappa shape index (κ3) is 7.65. The average molecular weight is 520 g/mol. The van der Waals surface area contributed by atoms with Crippen molar-refractivity contribution in [3.8, 4) is 29.4 Å². The number of halogens is 2. The molecule has 3 rings (SSSR count). The molecular weight excluding hydrogens is 487 g/mol. The quantitative estimate of drug-likeness (QED) is 0.187. The summed E-state index contributed by atoms with van der Waals surface area (Å²) in [6, 6.07) is 14.4. The minimum Gasteiger partial charge on any atom is -0.497 e. The van der Waals surface area contributed by atoms with E-state index in [2.05, 4.69) is 42.0 Å². The highest BCUT2D eigenvalue weighted by atomic mass is 35.5. The predicted octanol–water partition coefficient (Wildman–Crippen LogP) is 7.20. The Morgan fingerprint density at radius 2 is 1.79 bits per heavy atom. The summed E-state index contributed by atoms with van der Waals surface area (Å²) < 4.78 is 10.4. The molecule has 0 aliphatic rings. The van der Waals surface area contributed by atoms with Crippen molar-refractivity contribution in [2.75, 3.05) is 32.2 Å². The van der Waals surface area contributed by atoms with Crippen LogP contribution in [-0.2, 0) is 17.8 Å². The summed E-state index contributed by atoms with van der Waals surface area (Å²) in [4.78, 5) is 8.21. The number of nitrogens with zero attached hydrogens (tertiary/aromatic N) is 2. The highest BCUT2D eigenvalue weighted by Gasteiger charge is 2.17. The number of benzene rings is 2. The van der Waals surface area contributed by atoms with E-state index in [4.69, 9.17) is 32.5 Å². The van der Waals surface area contributed by atoms with Gasteiger partial charge in [0.1, 0.15) is 5.75 Å². The zero-order valence-electron chi connectivity index (χ0n) is 20.0. The SMILES string of the molecule is C#CCN(CCCCCc1ccc(COC)cc1)c1nc(-c2ccc(OC)cc2Cl)c(C)s1.Cl. The summed E-state index contributed by atoms with van der Waals surface area (Å²) in [5.41, 5.74) is 4.39. The van der Waals surface area contributed by atoms with E-state index in [-0.39, 0.29) is 12.4 Å². The molecular formula is C27H32Cl2N2O2S. The number of hydrogen-bond acceptors (Lipinski definition) is 5. The lowest BCUT2D eigenvalue weighted by molar-refractivity contribution is 0.185.